The zero-order valence-electron chi connectivity index (χ0n) is 8.90. The lowest BCUT2D eigenvalue weighted by Gasteiger charge is -1.95. The molecule has 0 bridgehead atoms. The van der Waals surface area contributed by atoms with Crippen LogP contribution in [-0.4, -0.2) is 18.0 Å². The van der Waals surface area contributed by atoms with Crippen LogP contribution in [0.5, 0.6) is 0 Å². The predicted molar refractivity (Wildman–Crippen MR) is 56.6 cm³/mol. The van der Waals surface area contributed by atoms with Crippen molar-refractivity contribution in [1.29, 1.82) is 0 Å². The maximum atomic E-state index is 12.8. The molecule has 0 radical (unpaired) electrons. The highest BCUT2D eigenvalue weighted by Crippen LogP contribution is 2.18. The van der Waals surface area contributed by atoms with E-state index in [1.165, 1.54) is 13.2 Å². The molecule has 5 nitrogen and oxygen atoms in total. The molecule has 0 aromatic heterocycles. The Bertz CT molecular complexity index is 516. The van der Waals surface area contributed by atoms with Crippen LogP contribution < -0.4 is 0 Å². The highest BCUT2D eigenvalue weighted by molar-refractivity contribution is 5.72. The summed E-state index contributed by atoms with van der Waals surface area (Å²) in [6, 6.07) is 3.04. The molecule has 88 valence electrons. The Morgan fingerprint density at radius 2 is 2.29 bits per heavy atom. The Balaban J connectivity index is 2.98. The number of ether oxygens (including phenoxy) is 1. The predicted octanol–water partition coefficient (Wildman–Crippen LogP) is 1.65. The van der Waals surface area contributed by atoms with E-state index in [-0.39, 0.29) is 12.0 Å². The number of benzene rings is 1. The van der Waals surface area contributed by atoms with Gasteiger partial charge in [-0.15, -0.1) is 0 Å². The standard InChI is InChI=1S/C11H8FNO4/c1-17-11(14)4-2-3-8-5-6-9(12)7-10(8)13(15)16/h5-7H,4H2,1H3. The van der Waals surface area contributed by atoms with Gasteiger partial charge in [0.25, 0.3) is 5.69 Å². The summed E-state index contributed by atoms with van der Waals surface area (Å²) in [7, 11) is 1.21. The van der Waals surface area contributed by atoms with Crippen molar-refractivity contribution in [2.45, 2.75) is 6.42 Å². The van der Waals surface area contributed by atoms with Gasteiger partial charge in [-0.25, -0.2) is 4.39 Å². The van der Waals surface area contributed by atoms with E-state index >= 15 is 0 Å². The Morgan fingerprint density at radius 1 is 1.59 bits per heavy atom. The summed E-state index contributed by atoms with van der Waals surface area (Å²) in [4.78, 5) is 20.6. The number of nitro groups is 1. The molecule has 17 heavy (non-hydrogen) atoms. The van der Waals surface area contributed by atoms with E-state index in [1.807, 2.05) is 0 Å². The van der Waals surface area contributed by atoms with E-state index in [4.69, 9.17) is 0 Å². The summed E-state index contributed by atoms with van der Waals surface area (Å²) in [5.74, 6) is 3.59. The molecule has 0 aliphatic carbocycles. The van der Waals surface area contributed by atoms with Crippen LogP contribution in [0.4, 0.5) is 10.1 Å². The van der Waals surface area contributed by atoms with Crippen molar-refractivity contribution in [3.63, 3.8) is 0 Å². The first-order chi connectivity index (χ1) is 8.04. The molecular weight excluding hydrogens is 229 g/mol. The fourth-order valence-electron chi connectivity index (χ4n) is 1.05. The minimum absolute atomic E-state index is 0.0558. The van der Waals surface area contributed by atoms with Crippen LogP contribution in [0, 0.1) is 27.8 Å². The molecule has 1 aromatic carbocycles. The number of hydrogen-bond donors (Lipinski definition) is 0. The number of nitro benzene ring substituents is 1. The van der Waals surface area contributed by atoms with Crippen LogP contribution in [0.1, 0.15) is 12.0 Å². The summed E-state index contributed by atoms with van der Waals surface area (Å²) < 4.78 is 17.1. The minimum atomic E-state index is -0.731. The number of carbonyl (C=O) groups excluding carboxylic acids is 1. The Labute approximate surface area is 96.3 Å². The summed E-state index contributed by atoms with van der Waals surface area (Å²) in [6.45, 7) is 0. The molecular formula is C11H8FNO4. The normalized spacial score (nSPS) is 9.06. The van der Waals surface area contributed by atoms with Crippen molar-refractivity contribution in [2.24, 2.45) is 0 Å². The lowest BCUT2D eigenvalue weighted by molar-refractivity contribution is -0.385. The lowest BCUT2D eigenvalue weighted by Crippen LogP contribution is -1.97. The van der Waals surface area contributed by atoms with Gasteiger partial charge in [-0.1, -0.05) is 11.8 Å². The maximum Gasteiger partial charge on any atom is 0.317 e. The Hall–Kier alpha value is -2.42. The van der Waals surface area contributed by atoms with Gasteiger partial charge in [0.05, 0.1) is 18.1 Å². The quantitative estimate of drug-likeness (QED) is 0.339. The third kappa shape index (κ3) is 3.57. The van der Waals surface area contributed by atoms with Gasteiger partial charge in [0, 0.05) is 0 Å². The van der Waals surface area contributed by atoms with Crippen molar-refractivity contribution in [3.05, 3.63) is 39.7 Å². The molecule has 0 N–H and O–H groups in total. The molecule has 1 rings (SSSR count). The first-order valence-corrected chi connectivity index (χ1v) is 4.54. The van der Waals surface area contributed by atoms with Gasteiger partial charge in [-0.3, -0.25) is 14.9 Å². The van der Waals surface area contributed by atoms with Crippen LogP contribution >= 0.6 is 0 Å². The van der Waals surface area contributed by atoms with Crippen LogP contribution in [0.25, 0.3) is 0 Å². The number of rotatable bonds is 2. The van der Waals surface area contributed by atoms with Crippen molar-refractivity contribution >= 4 is 11.7 Å². The van der Waals surface area contributed by atoms with E-state index in [2.05, 4.69) is 16.6 Å². The monoisotopic (exact) mass is 237 g/mol. The highest BCUT2D eigenvalue weighted by atomic mass is 19.1. The van der Waals surface area contributed by atoms with Crippen LogP contribution in [0.3, 0.4) is 0 Å². The number of methoxy groups -OCH3 is 1. The van der Waals surface area contributed by atoms with Crippen molar-refractivity contribution in [1.82, 2.24) is 0 Å². The number of esters is 1. The molecule has 0 aliphatic heterocycles. The number of nitrogens with zero attached hydrogens (tertiary/aromatic N) is 1. The molecule has 0 saturated carbocycles. The average Bonchev–Trinajstić information content (AvgIpc) is 2.30. The minimum Gasteiger partial charge on any atom is -0.468 e. The molecule has 0 aliphatic rings. The first-order valence-electron chi connectivity index (χ1n) is 4.54. The molecule has 0 saturated heterocycles. The maximum absolute atomic E-state index is 12.8. The summed E-state index contributed by atoms with van der Waals surface area (Å²) in [5.41, 5.74) is -0.373. The topological polar surface area (TPSA) is 69.4 Å². The lowest BCUT2D eigenvalue weighted by atomic mass is 10.2. The van der Waals surface area contributed by atoms with Gasteiger partial charge in [0.1, 0.15) is 17.8 Å². The smallest absolute Gasteiger partial charge is 0.317 e. The van der Waals surface area contributed by atoms with E-state index in [9.17, 15) is 19.3 Å². The second-order valence-electron chi connectivity index (χ2n) is 2.97. The molecule has 6 heteroatoms. The zero-order chi connectivity index (χ0) is 12.8. The van der Waals surface area contributed by atoms with Crippen molar-refractivity contribution < 1.29 is 18.8 Å². The fourth-order valence-corrected chi connectivity index (χ4v) is 1.05. The largest absolute Gasteiger partial charge is 0.468 e. The van der Waals surface area contributed by atoms with Crippen LogP contribution in [0.15, 0.2) is 18.2 Å². The summed E-state index contributed by atoms with van der Waals surface area (Å²) in [5, 5.41) is 10.6. The first kappa shape index (κ1) is 12.6. The van der Waals surface area contributed by atoms with Crippen LogP contribution in [-0.2, 0) is 9.53 Å². The number of halogens is 1. The molecule has 1 aromatic rings. The third-order valence-corrected chi connectivity index (χ3v) is 1.84. The van der Waals surface area contributed by atoms with E-state index in [0.29, 0.717) is 0 Å². The SMILES string of the molecule is COC(=O)CC#Cc1ccc(F)cc1[N+](=O)[O-]. The van der Waals surface area contributed by atoms with E-state index in [1.54, 1.807) is 0 Å². The van der Waals surface area contributed by atoms with Gasteiger partial charge in [0.2, 0.25) is 0 Å². The van der Waals surface area contributed by atoms with Crippen molar-refractivity contribution in [2.75, 3.05) is 7.11 Å². The fraction of sp³-hybridized carbons (Fsp3) is 0.182. The average molecular weight is 237 g/mol. The van der Waals surface area contributed by atoms with E-state index in [0.717, 1.165) is 12.1 Å². The van der Waals surface area contributed by atoms with Gasteiger partial charge < -0.3 is 4.74 Å². The van der Waals surface area contributed by atoms with E-state index < -0.39 is 22.4 Å². The third-order valence-electron chi connectivity index (χ3n) is 1.84. The Kier molecular flexibility index (Phi) is 4.17. The van der Waals surface area contributed by atoms with Crippen LogP contribution in [0.2, 0.25) is 0 Å². The summed E-state index contributed by atoms with van der Waals surface area (Å²) >= 11 is 0. The van der Waals surface area contributed by atoms with Gasteiger partial charge in [-0.05, 0) is 12.1 Å². The summed E-state index contributed by atoms with van der Waals surface area (Å²) in [6.07, 6.45) is -0.176. The van der Waals surface area contributed by atoms with Crippen molar-refractivity contribution in [3.8, 4) is 11.8 Å². The Morgan fingerprint density at radius 3 is 2.88 bits per heavy atom. The molecule has 0 spiro atoms. The molecule has 0 fully saturated rings. The van der Waals surface area contributed by atoms with Gasteiger partial charge >= 0.3 is 5.97 Å². The second-order valence-corrected chi connectivity index (χ2v) is 2.97. The second kappa shape index (κ2) is 5.61. The van der Waals surface area contributed by atoms with Gasteiger partial charge in [-0.2, -0.15) is 0 Å². The number of hydrogen-bond acceptors (Lipinski definition) is 4. The molecule has 0 heterocycles. The highest BCUT2D eigenvalue weighted by Gasteiger charge is 2.12. The molecule has 0 atom stereocenters. The zero-order valence-corrected chi connectivity index (χ0v) is 8.90. The molecule has 0 unspecified atom stereocenters. The van der Waals surface area contributed by atoms with Gasteiger partial charge in [0.15, 0.2) is 0 Å². The molecule has 0 amide bonds. The number of carbonyl (C=O) groups is 1.